The van der Waals surface area contributed by atoms with Gasteiger partial charge < -0.3 is 11.1 Å². The molecule has 0 spiro atoms. The van der Waals surface area contributed by atoms with Gasteiger partial charge in [-0.05, 0) is 32.3 Å². The van der Waals surface area contributed by atoms with E-state index in [1.165, 1.54) is 0 Å². The van der Waals surface area contributed by atoms with Gasteiger partial charge in [0.05, 0.1) is 5.82 Å². The quantitative estimate of drug-likeness (QED) is 0.654. The summed E-state index contributed by atoms with van der Waals surface area (Å²) in [7, 11) is 0. The molecule has 2 nitrogen and oxygen atoms in total. The van der Waals surface area contributed by atoms with Crippen molar-refractivity contribution in [2.24, 2.45) is 11.7 Å². The van der Waals surface area contributed by atoms with Gasteiger partial charge in [-0.15, -0.1) is 0 Å². The Morgan fingerprint density at radius 2 is 1.64 bits per heavy atom. The Kier molecular flexibility index (Phi) is 4.01. The van der Waals surface area contributed by atoms with Gasteiger partial charge in [0, 0.05) is 6.04 Å². The third kappa shape index (κ3) is 3.91. The number of hydrogen-bond donors (Lipinski definition) is 2. The van der Waals surface area contributed by atoms with Crippen LogP contribution in [0.15, 0.2) is 11.4 Å². The third-order valence-electron chi connectivity index (χ3n) is 1.92. The highest BCUT2D eigenvalue weighted by molar-refractivity contribution is 5.04. The Labute approximate surface area is 69.9 Å². The van der Waals surface area contributed by atoms with E-state index in [1.807, 2.05) is 13.8 Å². The molecule has 1 atom stereocenters. The summed E-state index contributed by atoms with van der Waals surface area (Å²) in [4.78, 5) is 0. The van der Waals surface area contributed by atoms with Gasteiger partial charge in [0.1, 0.15) is 0 Å². The third-order valence-corrected chi connectivity index (χ3v) is 1.92. The maximum absolute atomic E-state index is 5.72. The van der Waals surface area contributed by atoms with E-state index < -0.39 is 0 Å². The van der Waals surface area contributed by atoms with Gasteiger partial charge >= 0.3 is 0 Å². The monoisotopic (exact) mass is 156 g/mol. The molecule has 0 rings (SSSR count). The molecule has 11 heavy (non-hydrogen) atoms. The zero-order valence-electron chi connectivity index (χ0n) is 8.23. The molecule has 0 aromatic heterocycles. The van der Waals surface area contributed by atoms with Crippen LogP contribution in [0.5, 0.6) is 0 Å². The number of hydrogen-bond acceptors (Lipinski definition) is 2. The van der Waals surface area contributed by atoms with E-state index in [2.05, 4.69) is 26.1 Å². The minimum Gasteiger partial charge on any atom is -0.386 e. The fourth-order valence-electron chi connectivity index (χ4n) is 0.556. The summed E-state index contributed by atoms with van der Waals surface area (Å²) >= 11 is 0. The average Bonchev–Trinajstić information content (AvgIpc) is 1.87. The minimum atomic E-state index is 0.449. The number of nitrogens with one attached hydrogen (secondary N) is 1. The summed E-state index contributed by atoms with van der Waals surface area (Å²) in [5.74, 6) is 1.43. The maximum atomic E-state index is 5.72. The maximum Gasteiger partial charge on any atom is 0.0948 e. The van der Waals surface area contributed by atoms with Crippen molar-refractivity contribution in [2.75, 3.05) is 0 Å². The van der Waals surface area contributed by atoms with Gasteiger partial charge in [-0.3, -0.25) is 0 Å². The second-order valence-corrected chi connectivity index (χ2v) is 3.59. The van der Waals surface area contributed by atoms with Crippen LogP contribution in [0.4, 0.5) is 0 Å². The van der Waals surface area contributed by atoms with Crippen molar-refractivity contribution in [3.05, 3.63) is 11.4 Å². The van der Waals surface area contributed by atoms with Gasteiger partial charge in [0.2, 0.25) is 0 Å². The van der Waals surface area contributed by atoms with Gasteiger partial charge in [-0.2, -0.15) is 0 Å². The summed E-state index contributed by atoms with van der Waals surface area (Å²) in [6.45, 7) is 10.5. The van der Waals surface area contributed by atoms with Crippen molar-refractivity contribution < 1.29 is 0 Å². The van der Waals surface area contributed by atoms with Crippen LogP contribution in [0.25, 0.3) is 0 Å². The lowest BCUT2D eigenvalue weighted by Gasteiger charge is -2.19. The van der Waals surface area contributed by atoms with Crippen LogP contribution in [0.2, 0.25) is 0 Å². The van der Waals surface area contributed by atoms with E-state index in [9.17, 15) is 0 Å². The Morgan fingerprint density at radius 1 is 1.18 bits per heavy atom. The highest BCUT2D eigenvalue weighted by Crippen LogP contribution is 2.02. The van der Waals surface area contributed by atoms with E-state index in [0.717, 1.165) is 11.4 Å². The van der Waals surface area contributed by atoms with E-state index in [0.29, 0.717) is 12.0 Å². The van der Waals surface area contributed by atoms with Crippen LogP contribution in [0.3, 0.4) is 0 Å². The number of allylic oxidation sites excluding steroid dienone is 1. The van der Waals surface area contributed by atoms with Gasteiger partial charge in [0.25, 0.3) is 0 Å². The van der Waals surface area contributed by atoms with Gasteiger partial charge in [0.15, 0.2) is 0 Å². The summed E-state index contributed by atoms with van der Waals surface area (Å²) in [6.07, 6.45) is 0. The molecule has 0 aliphatic rings. The molecule has 0 aromatic rings. The molecule has 0 aliphatic carbocycles. The van der Waals surface area contributed by atoms with Crippen molar-refractivity contribution in [3.8, 4) is 0 Å². The first-order valence-electron chi connectivity index (χ1n) is 4.14. The predicted molar refractivity (Wildman–Crippen MR) is 50.0 cm³/mol. The largest absolute Gasteiger partial charge is 0.386 e. The van der Waals surface area contributed by atoms with Crippen molar-refractivity contribution in [2.45, 2.75) is 40.7 Å². The van der Waals surface area contributed by atoms with Gasteiger partial charge in [-0.1, -0.05) is 13.8 Å². The van der Waals surface area contributed by atoms with Crippen LogP contribution in [-0.4, -0.2) is 6.04 Å². The topological polar surface area (TPSA) is 38.0 Å². The molecule has 0 bridgehead atoms. The van der Waals surface area contributed by atoms with Crippen molar-refractivity contribution in [1.82, 2.24) is 5.32 Å². The first-order valence-corrected chi connectivity index (χ1v) is 4.14. The fraction of sp³-hybridized carbons (Fsp3) is 0.778. The molecule has 0 amide bonds. The zero-order valence-corrected chi connectivity index (χ0v) is 8.23. The van der Waals surface area contributed by atoms with E-state index >= 15 is 0 Å². The molecule has 0 saturated carbocycles. The Morgan fingerprint density at radius 3 is 1.91 bits per heavy atom. The van der Waals surface area contributed by atoms with Gasteiger partial charge in [-0.25, -0.2) is 0 Å². The Bertz CT molecular complexity index is 144. The summed E-state index contributed by atoms with van der Waals surface area (Å²) in [5, 5.41) is 3.24. The van der Waals surface area contributed by atoms with E-state index in [-0.39, 0.29) is 0 Å². The lowest BCUT2D eigenvalue weighted by molar-refractivity contribution is 0.458. The molecule has 0 fully saturated rings. The average molecular weight is 156 g/mol. The minimum absolute atomic E-state index is 0.449. The first-order chi connectivity index (χ1) is 4.95. The van der Waals surface area contributed by atoms with Crippen molar-refractivity contribution >= 4 is 0 Å². The Hall–Kier alpha value is -0.660. The number of rotatable bonds is 3. The Balaban J connectivity index is 3.96. The lowest BCUT2D eigenvalue weighted by atomic mass is 10.1. The van der Waals surface area contributed by atoms with Crippen molar-refractivity contribution in [1.29, 1.82) is 0 Å². The standard InChI is InChI=1S/C9H20N2/c1-6(2)8(5)11-9(10)7(3)4/h6,8,11H,10H2,1-5H3. The highest BCUT2D eigenvalue weighted by Gasteiger charge is 2.06. The van der Waals surface area contributed by atoms with Crippen LogP contribution in [0.1, 0.15) is 34.6 Å². The first kappa shape index (κ1) is 10.3. The van der Waals surface area contributed by atoms with Crippen LogP contribution in [-0.2, 0) is 0 Å². The molecule has 0 heterocycles. The second-order valence-electron chi connectivity index (χ2n) is 3.59. The number of nitrogens with two attached hydrogens (primary N) is 1. The summed E-state index contributed by atoms with van der Waals surface area (Å²) in [6, 6.07) is 0.449. The lowest BCUT2D eigenvalue weighted by Crippen LogP contribution is -2.34. The molecular weight excluding hydrogens is 136 g/mol. The predicted octanol–water partition coefficient (Wildman–Crippen LogP) is 1.83. The smallest absolute Gasteiger partial charge is 0.0948 e. The molecule has 2 heteroatoms. The molecule has 1 unspecified atom stereocenters. The molecular formula is C9H20N2. The summed E-state index contributed by atoms with van der Waals surface area (Å²) < 4.78 is 0. The fourth-order valence-corrected chi connectivity index (χ4v) is 0.556. The molecule has 0 radical (unpaired) electrons. The van der Waals surface area contributed by atoms with Crippen molar-refractivity contribution in [3.63, 3.8) is 0 Å². The van der Waals surface area contributed by atoms with Crippen LogP contribution < -0.4 is 11.1 Å². The molecule has 3 N–H and O–H groups in total. The molecule has 0 saturated heterocycles. The zero-order chi connectivity index (χ0) is 9.02. The summed E-state index contributed by atoms with van der Waals surface area (Å²) in [5.41, 5.74) is 6.87. The molecule has 66 valence electrons. The SMILES string of the molecule is CC(C)=C(N)NC(C)C(C)C. The van der Waals surface area contributed by atoms with Crippen LogP contribution in [0, 0.1) is 5.92 Å². The van der Waals surface area contributed by atoms with Crippen LogP contribution >= 0.6 is 0 Å². The van der Waals surface area contributed by atoms with E-state index in [1.54, 1.807) is 0 Å². The highest BCUT2D eigenvalue weighted by atomic mass is 15.0. The van der Waals surface area contributed by atoms with E-state index in [4.69, 9.17) is 5.73 Å². The second kappa shape index (κ2) is 4.27. The molecule has 0 aliphatic heterocycles. The normalized spacial score (nSPS) is 12.9. The molecule has 0 aromatic carbocycles.